The van der Waals surface area contributed by atoms with Crippen molar-refractivity contribution in [3.8, 4) is 0 Å². The van der Waals surface area contributed by atoms with Gasteiger partial charge < -0.3 is 13.1 Å². The number of benzene rings is 2. The van der Waals surface area contributed by atoms with Crippen LogP contribution in [0.3, 0.4) is 0 Å². The normalized spacial score (nSPS) is 10.9. The molecule has 0 saturated carbocycles. The zero-order valence-corrected chi connectivity index (χ0v) is 22.7. The van der Waals surface area contributed by atoms with Crippen molar-refractivity contribution in [2.45, 2.75) is 38.3 Å². The molecule has 0 amide bonds. The minimum absolute atomic E-state index is 0. The molecular formula is C24H34Si2Zn. The first kappa shape index (κ1) is 26.0. The average molecular weight is 444 g/mol. The Labute approximate surface area is 182 Å². The molecule has 27 heavy (non-hydrogen) atoms. The molecule has 0 spiro atoms. The molecule has 0 aliphatic carbocycles. The molecule has 0 aliphatic rings. The van der Waals surface area contributed by atoms with Crippen LogP contribution in [0.5, 0.6) is 0 Å². The molecule has 2 aromatic carbocycles. The van der Waals surface area contributed by atoms with E-state index in [0.717, 1.165) is 12.1 Å². The van der Waals surface area contributed by atoms with E-state index in [4.69, 9.17) is 0 Å². The number of hydrogen-bond acceptors (Lipinski definition) is 0. The van der Waals surface area contributed by atoms with Crippen LogP contribution in [-0.4, -0.2) is 16.1 Å². The third kappa shape index (κ3) is 12.1. The van der Waals surface area contributed by atoms with Crippen LogP contribution in [0, 0.1) is 13.1 Å². The fraction of sp³-hybridized carbons (Fsp3) is 0.250. The first-order chi connectivity index (χ1) is 12.0. The maximum atomic E-state index is 4.23. The van der Waals surface area contributed by atoms with Crippen molar-refractivity contribution in [3.63, 3.8) is 0 Å². The van der Waals surface area contributed by atoms with E-state index >= 15 is 0 Å². The minimum Gasteiger partial charge on any atom is -0.342 e. The van der Waals surface area contributed by atoms with Crippen molar-refractivity contribution in [2.24, 2.45) is 0 Å². The van der Waals surface area contributed by atoms with Gasteiger partial charge in [-0.3, -0.25) is 0 Å². The second-order valence-corrected chi connectivity index (χ2v) is 17.9. The first-order valence-electron chi connectivity index (χ1n) is 9.16. The maximum absolute atomic E-state index is 4.23. The molecule has 0 nitrogen and oxygen atoms in total. The summed E-state index contributed by atoms with van der Waals surface area (Å²) in [5, 5.41) is 0. The molecule has 0 aromatic heterocycles. The van der Waals surface area contributed by atoms with E-state index in [-0.39, 0.29) is 19.5 Å². The molecule has 0 aliphatic heterocycles. The third-order valence-electron chi connectivity index (χ3n) is 3.80. The Morgan fingerprint density at radius 1 is 0.667 bits per heavy atom. The van der Waals surface area contributed by atoms with Gasteiger partial charge in [-0.05, 0) is 11.1 Å². The van der Waals surface area contributed by atoms with E-state index in [0.29, 0.717) is 0 Å². The zero-order valence-electron chi connectivity index (χ0n) is 17.7. The summed E-state index contributed by atoms with van der Waals surface area (Å²) in [4.78, 5) is 0. The van der Waals surface area contributed by atoms with E-state index in [9.17, 15) is 0 Å². The molecular weight excluding hydrogens is 410 g/mol. The summed E-state index contributed by atoms with van der Waals surface area (Å²) in [6, 6.07) is 19.5. The second kappa shape index (κ2) is 11.7. The summed E-state index contributed by atoms with van der Waals surface area (Å²) in [6.45, 7) is 25.1. The van der Waals surface area contributed by atoms with Gasteiger partial charge in [-0.25, -0.2) is 0 Å². The van der Waals surface area contributed by atoms with E-state index in [1.165, 1.54) is 22.3 Å². The van der Waals surface area contributed by atoms with Crippen LogP contribution in [0.2, 0.25) is 26.2 Å². The summed E-state index contributed by atoms with van der Waals surface area (Å²) in [7, 11) is -2.40. The molecule has 140 valence electrons. The Bertz CT molecular complexity index is 624. The van der Waals surface area contributed by atoms with Gasteiger partial charge in [0.15, 0.2) is 0 Å². The Hall–Kier alpha value is -1.02. The molecule has 0 unspecified atom stereocenters. The second-order valence-electron chi connectivity index (χ2n) is 8.57. The van der Waals surface area contributed by atoms with Crippen LogP contribution in [-0.2, 0) is 31.6 Å². The monoisotopic (exact) mass is 442 g/mol. The maximum Gasteiger partial charge on any atom is 2.00 e. The van der Waals surface area contributed by atoms with Crippen molar-refractivity contribution in [3.05, 3.63) is 97.0 Å². The fourth-order valence-corrected chi connectivity index (χ4v) is 5.33. The van der Waals surface area contributed by atoms with Crippen molar-refractivity contribution < 1.29 is 19.5 Å². The summed E-state index contributed by atoms with van der Waals surface area (Å²) in [6.07, 6.45) is 3.74. The zero-order chi connectivity index (χ0) is 19.8. The topological polar surface area (TPSA) is 0 Å². The summed E-state index contributed by atoms with van der Waals surface area (Å²) in [5.41, 5.74) is 5.18. The molecule has 2 aromatic rings. The van der Waals surface area contributed by atoms with Crippen LogP contribution in [0.4, 0.5) is 0 Å². The Kier molecular flexibility index (Phi) is 11.3. The predicted molar refractivity (Wildman–Crippen MR) is 126 cm³/mol. The Morgan fingerprint density at radius 3 is 1.11 bits per heavy atom. The molecule has 3 heteroatoms. The van der Waals surface area contributed by atoms with Crippen LogP contribution < -0.4 is 0 Å². The standard InChI is InChI=1S/2C12H17Si.Zn/c2*1-5-11-6-8-12(9-7-11)10-13(2,3)4;/h2*5-9H,1-2,10H2,3-4H3;/q2*-1;+2. The Morgan fingerprint density at radius 2 is 0.926 bits per heavy atom. The summed E-state index contributed by atoms with van der Waals surface area (Å²) < 4.78 is 0. The molecule has 0 atom stereocenters. The van der Waals surface area contributed by atoms with Gasteiger partial charge in [-0.1, -0.05) is 139 Å². The molecule has 0 radical (unpaired) electrons. The molecule has 0 saturated heterocycles. The van der Waals surface area contributed by atoms with Crippen LogP contribution >= 0.6 is 0 Å². The fourth-order valence-electron chi connectivity index (χ4n) is 2.65. The van der Waals surface area contributed by atoms with Gasteiger partial charge in [0.25, 0.3) is 0 Å². The van der Waals surface area contributed by atoms with Crippen LogP contribution in [0.25, 0.3) is 12.2 Å². The molecule has 0 fully saturated rings. The average Bonchev–Trinajstić information content (AvgIpc) is 2.54. The smallest absolute Gasteiger partial charge is 0.342 e. The first-order valence-corrected chi connectivity index (χ1v) is 16.0. The SMILES string of the molecule is C=Cc1ccc(C[Si]([CH2-])(C)C)cc1.C=Cc1ccc(C[Si]([CH2-])(C)C)cc1.[Zn+2]. The quantitative estimate of drug-likeness (QED) is 0.333. The van der Waals surface area contributed by atoms with E-state index < -0.39 is 16.1 Å². The predicted octanol–water partition coefficient (Wildman–Crippen LogP) is 6.98. The van der Waals surface area contributed by atoms with E-state index in [2.05, 4.69) is 101 Å². The Balaban J connectivity index is 0.000000483. The van der Waals surface area contributed by atoms with Crippen LogP contribution in [0.15, 0.2) is 61.7 Å². The third-order valence-corrected chi connectivity index (χ3v) is 6.53. The van der Waals surface area contributed by atoms with Crippen molar-refractivity contribution in [1.82, 2.24) is 0 Å². The van der Waals surface area contributed by atoms with E-state index in [1.807, 2.05) is 12.2 Å². The van der Waals surface area contributed by atoms with Gasteiger partial charge >= 0.3 is 19.5 Å². The largest absolute Gasteiger partial charge is 2.00 e. The van der Waals surface area contributed by atoms with Gasteiger partial charge in [0.1, 0.15) is 0 Å². The summed E-state index contributed by atoms with van der Waals surface area (Å²) >= 11 is 0. The number of rotatable bonds is 6. The van der Waals surface area contributed by atoms with Crippen molar-refractivity contribution >= 4 is 28.3 Å². The van der Waals surface area contributed by atoms with Gasteiger partial charge in [0, 0.05) is 0 Å². The van der Waals surface area contributed by atoms with Crippen molar-refractivity contribution in [1.29, 1.82) is 0 Å². The van der Waals surface area contributed by atoms with Gasteiger partial charge in [-0.15, -0.1) is 0 Å². The van der Waals surface area contributed by atoms with Crippen LogP contribution in [0.1, 0.15) is 22.3 Å². The molecule has 2 rings (SSSR count). The van der Waals surface area contributed by atoms with Gasteiger partial charge in [-0.2, -0.15) is 0 Å². The minimum atomic E-state index is -1.20. The molecule has 0 bridgehead atoms. The van der Waals surface area contributed by atoms with E-state index in [1.54, 1.807) is 0 Å². The summed E-state index contributed by atoms with van der Waals surface area (Å²) in [5.74, 6) is 0. The number of hydrogen-bond donors (Lipinski definition) is 0. The van der Waals surface area contributed by atoms with Gasteiger partial charge in [0.2, 0.25) is 0 Å². The van der Waals surface area contributed by atoms with Crippen molar-refractivity contribution in [2.75, 3.05) is 0 Å². The van der Waals surface area contributed by atoms with Gasteiger partial charge in [0.05, 0.1) is 0 Å². The molecule has 0 heterocycles. The molecule has 0 N–H and O–H groups in total.